The van der Waals surface area contributed by atoms with E-state index < -0.39 is 6.10 Å². The number of nitrogens with two attached hydrogens (primary N) is 1. The third-order valence-electron chi connectivity index (χ3n) is 2.99. The van der Waals surface area contributed by atoms with Crippen molar-refractivity contribution < 1.29 is 5.11 Å². The lowest BCUT2D eigenvalue weighted by atomic mass is 9.86. The van der Waals surface area contributed by atoms with Crippen LogP contribution in [0.4, 0.5) is 0 Å². The van der Waals surface area contributed by atoms with Gasteiger partial charge in [-0.1, -0.05) is 52.0 Å². The second-order valence-electron chi connectivity index (χ2n) is 5.37. The van der Waals surface area contributed by atoms with Crippen LogP contribution in [0, 0.1) is 0 Å². The minimum atomic E-state index is -0.458. The molecule has 0 aliphatic carbocycles. The summed E-state index contributed by atoms with van der Waals surface area (Å²) >= 11 is 0. The molecule has 1 aromatic carbocycles. The molecule has 0 aliphatic rings. The molecule has 0 bridgehead atoms. The van der Waals surface area contributed by atoms with Crippen LogP contribution in [0.15, 0.2) is 24.3 Å². The molecule has 90 valence electrons. The van der Waals surface area contributed by atoms with Crippen LogP contribution in [-0.4, -0.2) is 11.2 Å². The van der Waals surface area contributed by atoms with Crippen molar-refractivity contribution in [2.75, 3.05) is 0 Å². The summed E-state index contributed by atoms with van der Waals surface area (Å²) in [5.74, 6) is 0. The molecule has 0 fully saturated rings. The topological polar surface area (TPSA) is 46.2 Å². The SMILES string of the molecule is CC[C@H](O)[C@H](N)c1ccc(C(C)(C)C)cc1. The summed E-state index contributed by atoms with van der Waals surface area (Å²) in [5.41, 5.74) is 8.41. The molecule has 0 saturated carbocycles. The van der Waals surface area contributed by atoms with E-state index in [0.717, 1.165) is 5.56 Å². The van der Waals surface area contributed by atoms with Gasteiger partial charge < -0.3 is 10.8 Å². The zero-order valence-corrected chi connectivity index (χ0v) is 10.7. The zero-order valence-electron chi connectivity index (χ0n) is 10.7. The Labute approximate surface area is 98.5 Å². The molecular formula is C14H23NO. The molecule has 3 N–H and O–H groups in total. The van der Waals surface area contributed by atoms with E-state index in [0.29, 0.717) is 6.42 Å². The average molecular weight is 221 g/mol. The monoisotopic (exact) mass is 221 g/mol. The molecule has 1 rings (SSSR count). The second kappa shape index (κ2) is 4.98. The molecule has 0 aliphatic heterocycles. The normalized spacial score (nSPS) is 15.9. The Bertz CT molecular complexity index is 324. The van der Waals surface area contributed by atoms with Crippen molar-refractivity contribution >= 4 is 0 Å². The number of aliphatic hydroxyl groups excluding tert-OH is 1. The smallest absolute Gasteiger partial charge is 0.0730 e. The van der Waals surface area contributed by atoms with Crippen LogP contribution >= 0.6 is 0 Å². The molecular weight excluding hydrogens is 198 g/mol. The summed E-state index contributed by atoms with van der Waals surface area (Å²) in [5, 5.41) is 9.68. The number of aliphatic hydroxyl groups is 1. The molecule has 0 radical (unpaired) electrons. The first-order chi connectivity index (χ1) is 7.36. The molecule has 2 atom stereocenters. The van der Waals surface area contributed by atoms with E-state index >= 15 is 0 Å². The Morgan fingerprint density at radius 3 is 2.06 bits per heavy atom. The number of hydrogen-bond acceptors (Lipinski definition) is 2. The van der Waals surface area contributed by atoms with Gasteiger partial charge in [-0.05, 0) is 23.0 Å². The first-order valence-electron chi connectivity index (χ1n) is 5.90. The van der Waals surface area contributed by atoms with E-state index in [9.17, 15) is 5.11 Å². The van der Waals surface area contributed by atoms with E-state index in [1.54, 1.807) is 0 Å². The minimum Gasteiger partial charge on any atom is -0.391 e. The second-order valence-corrected chi connectivity index (χ2v) is 5.37. The fourth-order valence-electron chi connectivity index (χ4n) is 1.68. The number of benzene rings is 1. The third-order valence-corrected chi connectivity index (χ3v) is 2.99. The predicted molar refractivity (Wildman–Crippen MR) is 68.4 cm³/mol. The van der Waals surface area contributed by atoms with Gasteiger partial charge >= 0.3 is 0 Å². The van der Waals surface area contributed by atoms with Gasteiger partial charge in [-0.15, -0.1) is 0 Å². The highest BCUT2D eigenvalue weighted by Gasteiger charge is 2.17. The summed E-state index contributed by atoms with van der Waals surface area (Å²) < 4.78 is 0. The fraction of sp³-hybridized carbons (Fsp3) is 0.571. The van der Waals surface area contributed by atoms with Gasteiger partial charge in [0.15, 0.2) is 0 Å². The van der Waals surface area contributed by atoms with E-state index in [-0.39, 0.29) is 11.5 Å². The van der Waals surface area contributed by atoms with Crippen molar-refractivity contribution in [3.8, 4) is 0 Å². The maximum Gasteiger partial charge on any atom is 0.0730 e. The van der Waals surface area contributed by atoms with Crippen LogP contribution < -0.4 is 5.73 Å². The predicted octanol–water partition coefficient (Wildman–Crippen LogP) is 2.75. The maximum atomic E-state index is 9.68. The van der Waals surface area contributed by atoms with Gasteiger partial charge in [-0.2, -0.15) is 0 Å². The fourth-order valence-corrected chi connectivity index (χ4v) is 1.68. The Morgan fingerprint density at radius 1 is 1.19 bits per heavy atom. The molecule has 0 unspecified atom stereocenters. The highest BCUT2D eigenvalue weighted by molar-refractivity contribution is 5.29. The third kappa shape index (κ3) is 3.06. The van der Waals surface area contributed by atoms with Gasteiger partial charge in [0.1, 0.15) is 0 Å². The lowest BCUT2D eigenvalue weighted by molar-refractivity contribution is 0.140. The summed E-state index contributed by atoms with van der Waals surface area (Å²) in [6, 6.07) is 7.95. The quantitative estimate of drug-likeness (QED) is 0.824. The number of hydrogen-bond donors (Lipinski definition) is 2. The minimum absolute atomic E-state index is 0.159. The van der Waals surface area contributed by atoms with Crippen molar-refractivity contribution in [2.24, 2.45) is 5.73 Å². The van der Waals surface area contributed by atoms with Crippen LogP contribution in [0.3, 0.4) is 0 Å². The van der Waals surface area contributed by atoms with Crippen LogP contribution in [0.2, 0.25) is 0 Å². The van der Waals surface area contributed by atoms with E-state index in [1.807, 2.05) is 19.1 Å². The molecule has 0 saturated heterocycles. The standard InChI is InChI=1S/C14H23NO/c1-5-12(16)13(15)10-6-8-11(9-7-10)14(2,3)4/h6-9,12-13,16H,5,15H2,1-4H3/t12-,13+/m0/s1. The Balaban J connectivity index is 2.87. The summed E-state index contributed by atoms with van der Waals surface area (Å²) in [6.45, 7) is 8.49. The summed E-state index contributed by atoms with van der Waals surface area (Å²) in [7, 11) is 0. The van der Waals surface area contributed by atoms with Crippen molar-refractivity contribution in [1.82, 2.24) is 0 Å². The molecule has 0 amide bonds. The van der Waals surface area contributed by atoms with E-state index in [4.69, 9.17) is 5.73 Å². The molecule has 0 heterocycles. The lowest BCUT2D eigenvalue weighted by Crippen LogP contribution is -2.25. The van der Waals surface area contributed by atoms with Gasteiger partial charge in [0.2, 0.25) is 0 Å². The summed E-state index contributed by atoms with van der Waals surface area (Å²) in [4.78, 5) is 0. The van der Waals surface area contributed by atoms with Gasteiger partial charge in [-0.3, -0.25) is 0 Å². The van der Waals surface area contributed by atoms with Gasteiger partial charge in [0.05, 0.1) is 12.1 Å². The summed E-state index contributed by atoms with van der Waals surface area (Å²) in [6.07, 6.45) is 0.225. The van der Waals surface area contributed by atoms with Gasteiger partial charge in [0.25, 0.3) is 0 Å². The maximum absolute atomic E-state index is 9.68. The highest BCUT2D eigenvalue weighted by Crippen LogP contribution is 2.24. The van der Waals surface area contributed by atoms with Crippen LogP contribution in [0.25, 0.3) is 0 Å². The van der Waals surface area contributed by atoms with E-state index in [1.165, 1.54) is 5.56 Å². The number of rotatable bonds is 3. The highest BCUT2D eigenvalue weighted by atomic mass is 16.3. The Hall–Kier alpha value is -0.860. The largest absolute Gasteiger partial charge is 0.391 e. The average Bonchev–Trinajstić information content (AvgIpc) is 2.26. The van der Waals surface area contributed by atoms with E-state index in [2.05, 4.69) is 32.9 Å². The van der Waals surface area contributed by atoms with Gasteiger partial charge in [-0.25, -0.2) is 0 Å². The van der Waals surface area contributed by atoms with Crippen molar-refractivity contribution in [3.63, 3.8) is 0 Å². The zero-order chi connectivity index (χ0) is 12.3. The van der Waals surface area contributed by atoms with Crippen molar-refractivity contribution in [3.05, 3.63) is 35.4 Å². The van der Waals surface area contributed by atoms with Crippen LogP contribution in [0.1, 0.15) is 51.3 Å². The van der Waals surface area contributed by atoms with Crippen molar-refractivity contribution in [1.29, 1.82) is 0 Å². The molecule has 0 aromatic heterocycles. The Morgan fingerprint density at radius 2 is 1.69 bits per heavy atom. The first kappa shape index (κ1) is 13.2. The molecule has 0 spiro atoms. The van der Waals surface area contributed by atoms with Crippen LogP contribution in [-0.2, 0) is 5.41 Å². The van der Waals surface area contributed by atoms with Crippen molar-refractivity contribution in [2.45, 2.75) is 51.7 Å². The molecule has 2 heteroatoms. The molecule has 2 nitrogen and oxygen atoms in total. The lowest BCUT2D eigenvalue weighted by Gasteiger charge is -2.21. The molecule has 16 heavy (non-hydrogen) atoms. The Kier molecular flexibility index (Phi) is 4.11. The van der Waals surface area contributed by atoms with Crippen LogP contribution in [0.5, 0.6) is 0 Å². The molecule has 1 aromatic rings. The first-order valence-corrected chi connectivity index (χ1v) is 5.90. The van der Waals surface area contributed by atoms with Gasteiger partial charge in [0, 0.05) is 0 Å².